The van der Waals surface area contributed by atoms with Crippen LogP contribution in [0.5, 0.6) is 5.75 Å². The molecule has 2 aromatic rings. The van der Waals surface area contributed by atoms with Gasteiger partial charge in [0.15, 0.2) is 0 Å². The van der Waals surface area contributed by atoms with E-state index in [0.29, 0.717) is 6.54 Å². The first-order valence-corrected chi connectivity index (χ1v) is 6.59. The maximum Gasteiger partial charge on any atom is 0.292 e. The standard InChI is InChI=1S/C14H15N3O3/c18-14(13-5-8-16-20-13)17-9-1-2-12(10-17)19-11-3-6-15-7-4-11/h3-8,12H,1-2,9-10H2. The van der Waals surface area contributed by atoms with E-state index in [2.05, 4.69) is 10.1 Å². The highest BCUT2D eigenvalue weighted by Crippen LogP contribution is 2.19. The van der Waals surface area contributed by atoms with Gasteiger partial charge in [-0.3, -0.25) is 9.78 Å². The summed E-state index contributed by atoms with van der Waals surface area (Å²) in [6.07, 6.45) is 6.70. The molecule has 1 unspecified atom stereocenters. The van der Waals surface area contributed by atoms with Crippen LogP contribution in [0.25, 0.3) is 0 Å². The lowest BCUT2D eigenvalue weighted by atomic mass is 10.1. The molecule has 1 atom stereocenters. The van der Waals surface area contributed by atoms with Gasteiger partial charge in [0.05, 0.1) is 12.7 Å². The Kier molecular flexibility index (Phi) is 3.62. The van der Waals surface area contributed by atoms with Crippen molar-refractivity contribution in [1.29, 1.82) is 0 Å². The van der Waals surface area contributed by atoms with Crippen molar-refractivity contribution < 1.29 is 14.1 Å². The van der Waals surface area contributed by atoms with E-state index in [4.69, 9.17) is 9.26 Å². The van der Waals surface area contributed by atoms with E-state index in [0.717, 1.165) is 25.1 Å². The fourth-order valence-electron chi connectivity index (χ4n) is 2.31. The average Bonchev–Trinajstić information content (AvgIpc) is 3.02. The quantitative estimate of drug-likeness (QED) is 0.852. The van der Waals surface area contributed by atoms with Gasteiger partial charge in [-0.2, -0.15) is 0 Å². The number of carbonyl (C=O) groups excluding carboxylic acids is 1. The van der Waals surface area contributed by atoms with E-state index >= 15 is 0 Å². The number of carbonyl (C=O) groups is 1. The number of amides is 1. The van der Waals surface area contributed by atoms with Gasteiger partial charge in [0.2, 0.25) is 5.76 Å². The van der Waals surface area contributed by atoms with Crippen LogP contribution in [-0.4, -0.2) is 40.1 Å². The number of nitrogens with zero attached hydrogens (tertiary/aromatic N) is 3. The van der Waals surface area contributed by atoms with E-state index in [-0.39, 0.29) is 17.8 Å². The summed E-state index contributed by atoms with van der Waals surface area (Å²) in [6.45, 7) is 1.28. The molecular weight excluding hydrogens is 258 g/mol. The van der Waals surface area contributed by atoms with Crippen LogP contribution >= 0.6 is 0 Å². The van der Waals surface area contributed by atoms with E-state index in [1.165, 1.54) is 6.20 Å². The Morgan fingerprint density at radius 2 is 2.15 bits per heavy atom. The number of piperidine rings is 1. The first kappa shape index (κ1) is 12.7. The van der Waals surface area contributed by atoms with Crippen LogP contribution in [0, 0.1) is 0 Å². The molecule has 3 heterocycles. The lowest BCUT2D eigenvalue weighted by Gasteiger charge is -2.32. The van der Waals surface area contributed by atoms with Crippen LogP contribution in [0.4, 0.5) is 0 Å². The molecule has 0 N–H and O–H groups in total. The molecule has 1 fully saturated rings. The Balaban J connectivity index is 1.63. The van der Waals surface area contributed by atoms with Crippen molar-refractivity contribution in [3.8, 4) is 5.75 Å². The summed E-state index contributed by atoms with van der Waals surface area (Å²) in [5, 5.41) is 3.56. The second-order valence-electron chi connectivity index (χ2n) is 4.69. The lowest BCUT2D eigenvalue weighted by molar-refractivity contribution is 0.0502. The summed E-state index contributed by atoms with van der Waals surface area (Å²) in [5.41, 5.74) is 0. The molecule has 2 aromatic heterocycles. The van der Waals surface area contributed by atoms with Gasteiger partial charge < -0.3 is 14.2 Å². The van der Waals surface area contributed by atoms with Crippen molar-refractivity contribution in [3.05, 3.63) is 42.5 Å². The summed E-state index contributed by atoms with van der Waals surface area (Å²) in [6, 6.07) is 5.21. The molecule has 0 radical (unpaired) electrons. The molecule has 1 aliphatic heterocycles. The van der Waals surface area contributed by atoms with Crippen molar-refractivity contribution in [2.75, 3.05) is 13.1 Å². The molecule has 1 aliphatic rings. The average molecular weight is 273 g/mol. The molecule has 0 saturated carbocycles. The van der Waals surface area contributed by atoms with Gasteiger partial charge in [-0.25, -0.2) is 0 Å². The predicted octanol–water partition coefficient (Wildman–Crippen LogP) is 1.75. The Morgan fingerprint density at radius 3 is 2.90 bits per heavy atom. The third-order valence-corrected chi connectivity index (χ3v) is 3.27. The third kappa shape index (κ3) is 2.79. The Morgan fingerprint density at radius 1 is 1.30 bits per heavy atom. The number of ether oxygens (including phenoxy) is 1. The topological polar surface area (TPSA) is 68.5 Å². The van der Waals surface area contributed by atoms with Crippen LogP contribution in [0.15, 0.2) is 41.3 Å². The molecule has 0 aliphatic carbocycles. The first-order chi connectivity index (χ1) is 9.83. The minimum absolute atomic E-state index is 0.00183. The van der Waals surface area contributed by atoms with Crippen LogP contribution in [0.3, 0.4) is 0 Å². The molecule has 6 nitrogen and oxygen atoms in total. The summed E-state index contributed by atoms with van der Waals surface area (Å²) in [7, 11) is 0. The monoisotopic (exact) mass is 273 g/mol. The van der Waals surface area contributed by atoms with E-state index in [9.17, 15) is 4.79 Å². The van der Waals surface area contributed by atoms with Gasteiger partial charge in [-0.15, -0.1) is 0 Å². The molecule has 20 heavy (non-hydrogen) atoms. The molecular formula is C14H15N3O3. The van der Waals surface area contributed by atoms with Gasteiger partial charge in [0.25, 0.3) is 5.91 Å². The Hall–Kier alpha value is -2.37. The summed E-state index contributed by atoms with van der Waals surface area (Å²) in [5.74, 6) is 0.916. The van der Waals surface area contributed by atoms with E-state index in [1.54, 1.807) is 23.4 Å². The second-order valence-corrected chi connectivity index (χ2v) is 4.69. The highest BCUT2D eigenvalue weighted by molar-refractivity contribution is 5.91. The number of aromatic nitrogens is 2. The fraction of sp³-hybridized carbons (Fsp3) is 0.357. The molecule has 104 valence electrons. The molecule has 1 amide bonds. The zero-order valence-corrected chi connectivity index (χ0v) is 10.9. The maximum atomic E-state index is 12.2. The summed E-state index contributed by atoms with van der Waals surface area (Å²) >= 11 is 0. The SMILES string of the molecule is O=C(c1ccno1)N1CCCC(Oc2ccncc2)C1. The normalized spacial score (nSPS) is 18.8. The van der Waals surface area contributed by atoms with E-state index < -0.39 is 0 Å². The molecule has 0 aromatic carbocycles. The fourth-order valence-corrected chi connectivity index (χ4v) is 2.31. The number of hydrogen-bond donors (Lipinski definition) is 0. The number of likely N-dealkylation sites (tertiary alicyclic amines) is 1. The highest BCUT2D eigenvalue weighted by atomic mass is 16.5. The van der Waals surface area contributed by atoms with Gasteiger partial charge in [0, 0.05) is 25.0 Å². The molecule has 3 rings (SSSR count). The van der Waals surface area contributed by atoms with Gasteiger partial charge in [0.1, 0.15) is 11.9 Å². The third-order valence-electron chi connectivity index (χ3n) is 3.27. The van der Waals surface area contributed by atoms with Crippen molar-refractivity contribution in [1.82, 2.24) is 15.0 Å². The smallest absolute Gasteiger partial charge is 0.292 e. The predicted molar refractivity (Wildman–Crippen MR) is 70.3 cm³/mol. The van der Waals surface area contributed by atoms with Gasteiger partial charge in [-0.05, 0) is 25.0 Å². The number of rotatable bonds is 3. The van der Waals surface area contributed by atoms with Crippen LogP contribution in [0.2, 0.25) is 0 Å². The van der Waals surface area contributed by atoms with Crippen molar-refractivity contribution in [3.63, 3.8) is 0 Å². The van der Waals surface area contributed by atoms with E-state index in [1.807, 2.05) is 12.1 Å². The van der Waals surface area contributed by atoms with Gasteiger partial charge >= 0.3 is 0 Å². The van der Waals surface area contributed by atoms with Crippen molar-refractivity contribution in [2.45, 2.75) is 18.9 Å². The summed E-state index contributed by atoms with van der Waals surface area (Å²) < 4.78 is 10.8. The largest absolute Gasteiger partial charge is 0.488 e. The lowest BCUT2D eigenvalue weighted by Crippen LogP contribution is -2.44. The number of pyridine rings is 1. The molecule has 0 spiro atoms. The number of hydrogen-bond acceptors (Lipinski definition) is 5. The zero-order chi connectivity index (χ0) is 13.8. The second kappa shape index (κ2) is 5.73. The molecule has 6 heteroatoms. The molecule has 0 bridgehead atoms. The Labute approximate surface area is 116 Å². The minimum Gasteiger partial charge on any atom is -0.488 e. The van der Waals surface area contributed by atoms with Crippen molar-refractivity contribution >= 4 is 5.91 Å². The highest BCUT2D eigenvalue weighted by Gasteiger charge is 2.27. The zero-order valence-electron chi connectivity index (χ0n) is 10.9. The van der Waals surface area contributed by atoms with Crippen LogP contribution in [0.1, 0.15) is 23.4 Å². The maximum absolute atomic E-state index is 12.2. The van der Waals surface area contributed by atoms with Gasteiger partial charge in [-0.1, -0.05) is 5.16 Å². The summed E-state index contributed by atoms with van der Waals surface area (Å²) in [4.78, 5) is 17.9. The minimum atomic E-state index is -0.134. The van der Waals surface area contributed by atoms with Crippen LogP contribution in [-0.2, 0) is 0 Å². The Bertz CT molecular complexity index is 556. The molecule has 1 saturated heterocycles. The van der Waals surface area contributed by atoms with Crippen molar-refractivity contribution in [2.24, 2.45) is 0 Å². The van der Waals surface area contributed by atoms with Crippen LogP contribution < -0.4 is 4.74 Å². The first-order valence-electron chi connectivity index (χ1n) is 6.59.